The van der Waals surface area contributed by atoms with E-state index in [0.29, 0.717) is 12.0 Å². The molecule has 0 unspecified atom stereocenters. The van der Waals surface area contributed by atoms with E-state index in [1.807, 2.05) is 24.5 Å². The molecule has 0 amide bonds. The first-order valence-corrected chi connectivity index (χ1v) is 8.41. The van der Waals surface area contributed by atoms with Gasteiger partial charge in [0, 0.05) is 29.8 Å². The molecule has 1 aliphatic heterocycles. The van der Waals surface area contributed by atoms with Gasteiger partial charge in [-0.15, -0.1) is 0 Å². The molecule has 4 rings (SSSR count). The highest BCUT2D eigenvalue weighted by atomic mass is 16.5. The number of benzene rings is 1. The van der Waals surface area contributed by atoms with Crippen molar-refractivity contribution in [3.05, 3.63) is 42.2 Å². The zero-order chi connectivity index (χ0) is 16.8. The minimum absolute atomic E-state index is 0.0733. The number of aromatic nitrogens is 1. The van der Waals surface area contributed by atoms with Crippen molar-refractivity contribution in [2.45, 2.75) is 19.4 Å². The fraction of sp³-hybridized carbons (Fsp3) is 0.421. The second-order valence-corrected chi connectivity index (χ2v) is 6.88. The molecular weight excluding hydrogens is 304 g/mol. The van der Waals surface area contributed by atoms with Crippen LogP contribution in [0.5, 0.6) is 0 Å². The maximum Gasteiger partial charge on any atom is 0.335 e. The summed E-state index contributed by atoms with van der Waals surface area (Å²) in [6, 6.07) is 8.17. The van der Waals surface area contributed by atoms with Crippen molar-refractivity contribution in [2.24, 2.45) is 17.8 Å². The lowest BCUT2D eigenvalue weighted by atomic mass is 9.82. The fourth-order valence-electron chi connectivity index (χ4n) is 4.31. The maximum atomic E-state index is 12.3. The number of nitrogens with zero attached hydrogens (tertiary/aromatic N) is 1. The van der Waals surface area contributed by atoms with Crippen LogP contribution in [-0.4, -0.2) is 35.8 Å². The molecule has 5 nitrogen and oxygen atoms in total. The number of fused-ring (bicyclic) bond motifs is 2. The number of hydrogen-bond acceptors (Lipinski definition) is 4. The van der Waals surface area contributed by atoms with Gasteiger partial charge in [-0.05, 0) is 42.4 Å². The Morgan fingerprint density at radius 1 is 1.38 bits per heavy atom. The van der Waals surface area contributed by atoms with Crippen LogP contribution in [0.2, 0.25) is 0 Å². The minimum Gasteiger partial charge on any atom is -0.466 e. The molecule has 5 heteroatoms. The molecule has 0 bridgehead atoms. The topological polar surface area (TPSA) is 65.6 Å². The van der Waals surface area contributed by atoms with Gasteiger partial charge >= 0.3 is 5.97 Å². The van der Waals surface area contributed by atoms with E-state index in [2.05, 4.69) is 28.9 Å². The highest BCUT2D eigenvalue weighted by Gasteiger charge is 2.46. The SMILES string of the molecule is COC(=O)C1=CN(c2cccc3[nH]ccc23)C[C@@H]2[C@@H](C)[C@@H](O)C[C@H]12. The summed E-state index contributed by atoms with van der Waals surface area (Å²) in [6.07, 6.45) is 4.11. The molecule has 0 saturated heterocycles. The lowest BCUT2D eigenvalue weighted by Crippen LogP contribution is -2.38. The van der Waals surface area contributed by atoms with Crippen LogP contribution < -0.4 is 4.90 Å². The van der Waals surface area contributed by atoms with Crippen LogP contribution in [0.25, 0.3) is 10.9 Å². The molecule has 2 heterocycles. The van der Waals surface area contributed by atoms with Crippen LogP contribution in [0.3, 0.4) is 0 Å². The van der Waals surface area contributed by atoms with Gasteiger partial charge in [0.15, 0.2) is 0 Å². The predicted octanol–water partition coefficient (Wildman–Crippen LogP) is 2.68. The monoisotopic (exact) mass is 326 g/mol. The number of hydrogen-bond donors (Lipinski definition) is 2. The maximum absolute atomic E-state index is 12.3. The summed E-state index contributed by atoms with van der Waals surface area (Å²) < 4.78 is 5.00. The molecule has 2 aliphatic rings. The van der Waals surface area contributed by atoms with Crippen molar-refractivity contribution in [2.75, 3.05) is 18.6 Å². The molecular formula is C19H22N2O3. The van der Waals surface area contributed by atoms with Crippen molar-refractivity contribution in [1.82, 2.24) is 4.98 Å². The number of carbonyl (C=O) groups excluding carboxylic acids is 1. The third-order valence-electron chi connectivity index (χ3n) is 5.70. The van der Waals surface area contributed by atoms with Crippen LogP contribution in [0.1, 0.15) is 13.3 Å². The van der Waals surface area contributed by atoms with E-state index >= 15 is 0 Å². The van der Waals surface area contributed by atoms with Gasteiger partial charge in [-0.25, -0.2) is 4.79 Å². The highest BCUT2D eigenvalue weighted by Crippen LogP contribution is 2.46. The molecule has 1 aliphatic carbocycles. The Balaban J connectivity index is 1.80. The number of aromatic amines is 1. The third kappa shape index (κ3) is 2.23. The number of aliphatic hydroxyl groups excluding tert-OH is 1. The molecule has 2 aromatic rings. The molecule has 0 radical (unpaired) electrons. The summed E-state index contributed by atoms with van der Waals surface area (Å²) in [5.41, 5.74) is 2.81. The first-order chi connectivity index (χ1) is 11.6. The lowest BCUT2D eigenvalue weighted by Gasteiger charge is -2.36. The molecule has 1 aromatic carbocycles. The molecule has 126 valence electrons. The van der Waals surface area contributed by atoms with Crippen LogP contribution in [0.15, 0.2) is 42.2 Å². The quantitative estimate of drug-likeness (QED) is 0.833. The Labute approximate surface area is 140 Å². The average Bonchev–Trinajstić information content (AvgIpc) is 3.18. The van der Waals surface area contributed by atoms with Crippen LogP contribution in [0.4, 0.5) is 5.69 Å². The molecule has 1 saturated carbocycles. The molecule has 0 spiro atoms. The van der Waals surface area contributed by atoms with Crippen molar-refractivity contribution < 1.29 is 14.6 Å². The predicted molar refractivity (Wildman–Crippen MR) is 92.5 cm³/mol. The third-order valence-corrected chi connectivity index (χ3v) is 5.70. The number of ether oxygens (including phenoxy) is 1. The number of esters is 1. The Hall–Kier alpha value is -2.27. The van der Waals surface area contributed by atoms with Crippen molar-refractivity contribution in [3.63, 3.8) is 0 Å². The zero-order valence-electron chi connectivity index (χ0n) is 13.9. The number of H-pyrrole nitrogens is 1. The van der Waals surface area contributed by atoms with E-state index in [1.165, 1.54) is 7.11 Å². The first kappa shape index (κ1) is 15.3. The molecule has 1 aromatic heterocycles. The summed E-state index contributed by atoms with van der Waals surface area (Å²) in [7, 11) is 1.42. The fourth-order valence-corrected chi connectivity index (χ4v) is 4.31. The zero-order valence-corrected chi connectivity index (χ0v) is 13.9. The van der Waals surface area contributed by atoms with E-state index < -0.39 is 0 Å². The Bertz CT molecular complexity index is 810. The number of methoxy groups -OCH3 is 1. The molecule has 2 N–H and O–H groups in total. The summed E-state index contributed by atoms with van der Waals surface area (Å²) in [5.74, 6) is 0.186. The van der Waals surface area contributed by atoms with Crippen molar-refractivity contribution >= 4 is 22.6 Å². The standard InChI is InChI=1S/C19H22N2O3/c1-11-14-9-21(17-5-3-4-16-12(17)6-7-20-16)10-15(19(23)24-2)13(14)8-18(11)22/h3-7,10-11,13-14,18,20,22H,8-9H2,1-2H3/t11-,13+,14-,18+/m1/s1. The number of nitrogens with one attached hydrogen (secondary N) is 1. The number of rotatable bonds is 2. The van der Waals surface area contributed by atoms with Crippen LogP contribution >= 0.6 is 0 Å². The van der Waals surface area contributed by atoms with Gasteiger partial charge in [0.2, 0.25) is 0 Å². The van der Waals surface area contributed by atoms with Gasteiger partial charge < -0.3 is 19.7 Å². The Morgan fingerprint density at radius 3 is 3.00 bits per heavy atom. The first-order valence-electron chi connectivity index (χ1n) is 8.41. The van der Waals surface area contributed by atoms with Gasteiger partial charge in [0.25, 0.3) is 0 Å². The largest absolute Gasteiger partial charge is 0.466 e. The number of anilines is 1. The normalized spacial score (nSPS) is 29.5. The molecule has 24 heavy (non-hydrogen) atoms. The van der Waals surface area contributed by atoms with Crippen molar-refractivity contribution in [3.8, 4) is 0 Å². The van der Waals surface area contributed by atoms with Gasteiger partial charge in [-0.3, -0.25) is 0 Å². The summed E-state index contributed by atoms with van der Waals surface area (Å²) in [4.78, 5) is 17.7. The number of carbonyl (C=O) groups is 1. The van der Waals surface area contributed by atoms with Gasteiger partial charge in [-0.1, -0.05) is 13.0 Å². The summed E-state index contributed by atoms with van der Waals surface area (Å²) in [6.45, 7) is 2.87. The van der Waals surface area contributed by atoms with Gasteiger partial charge in [-0.2, -0.15) is 0 Å². The van der Waals surface area contributed by atoms with Gasteiger partial charge in [0.05, 0.1) is 24.5 Å². The highest BCUT2D eigenvalue weighted by molar-refractivity contribution is 5.95. The molecule has 1 fully saturated rings. The molecule has 4 atom stereocenters. The van der Waals surface area contributed by atoms with E-state index in [9.17, 15) is 9.90 Å². The van der Waals surface area contributed by atoms with E-state index in [0.717, 1.165) is 23.1 Å². The van der Waals surface area contributed by atoms with Gasteiger partial charge in [0.1, 0.15) is 0 Å². The van der Waals surface area contributed by atoms with E-state index in [-0.39, 0.29) is 29.8 Å². The van der Waals surface area contributed by atoms with Crippen molar-refractivity contribution in [1.29, 1.82) is 0 Å². The summed E-state index contributed by atoms with van der Waals surface area (Å²) in [5, 5.41) is 11.4. The Morgan fingerprint density at radius 2 is 2.21 bits per heavy atom. The Kier molecular flexibility index (Phi) is 3.61. The number of aliphatic hydroxyl groups is 1. The summed E-state index contributed by atoms with van der Waals surface area (Å²) >= 11 is 0. The second kappa shape index (κ2) is 5.67. The van der Waals surface area contributed by atoms with E-state index in [4.69, 9.17) is 4.74 Å². The van der Waals surface area contributed by atoms with Crippen LogP contribution in [-0.2, 0) is 9.53 Å². The van der Waals surface area contributed by atoms with E-state index in [1.54, 1.807) is 0 Å². The van der Waals surface area contributed by atoms with Crippen LogP contribution in [0, 0.1) is 17.8 Å². The lowest BCUT2D eigenvalue weighted by molar-refractivity contribution is -0.137. The smallest absolute Gasteiger partial charge is 0.335 e. The average molecular weight is 326 g/mol. The second-order valence-electron chi connectivity index (χ2n) is 6.88. The minimum atomic E-state index is -0.365.